The lowest BCUT2D eigenvalue weighted by atomic mass is 10.0. The molecule has 1 heterocycles. The van der Waals surface area contributed by atoms with Gasteiger partial charge in [0, 0.05) is 24.1 Å². The van der Waals surface area contributed by atoms with Gasteiger partial charge in [-0.3, -0.25) is 9.59 Å². The predicted molar refractivity (Wildman–Crippen MR) is 134 cm³/mol. The summed E-state index contributed by atoms with van der Waals surface area (Å²) in [7, 11) is 1.58. The van der Waals surface area contributed by atoms with Gasteiger partial charge in [0.2, 0.25) is 5.91 Å². The number of nitrogens with one attached hydrogen (secondary N) is 2. The molecule has 7 nitrogen and oxygen atoms in total. The molecular formula is C24H25BrN4O3S. The minimum atomic E-state index is -0.810. The average molecular weight is 529 g/mol. The van der Waals surface area contributed by atoms with E-state index in [4.69, 9.17) is 4.74 Å². The standard InChI is InChI=1S/C24H25BrN4O3S/c1-3-13-33-24-26-15-19(25)21(29-24)23(31)28-20(14-16-7-5-4-6-8-16)22(30)27-17-9-11-18(32-2)12-10-17/h4-12,15,20H,3,13-14H2,1-2H3,(H,27,30)(H,28,31). The van der Waals surface area contributed by atoms with Crippen molar-refractivity contribution in [1.29, 1.82) is 0 Å². The summed E-state index contributed by atoms with van der Waals surface area (Å²) in [6, 6.07) is 15.7. The molecule has 0 radical (unpaired) electrons. The van der Waals surface area contributed by atoms with E-state index < -0.39 is 11.9 Å². The number of thioether (sulfide) groups is 1. The number of anilines is 1. The Morgan fingerprint density at radius 2 is 1.85 bits per heavy atom. The minimum Gasteiger partial charge on any atom is -0.497 e. The molecule has 0 spiro atoms. The van der Waals surface area contributed by atoms with E-state index in [0.29, 0.717) is 27.5 Å². The van der Waals surface area contributed by atoms with E-state index in [9.17, 15) is 9.59 Å². The summed E-state index contributed by atoms with van der Waals surface area (Å²) in [5.74, 6) is 0.757. The highest BCUT2D eigenvalue weighted by molar-refractivity contribution is 9.10. The Labute approximate surface area is 205 Å². The highest BCUT2D eigenvalue weighted by atomic mass is 79.9. The van der Waals surface area contributed by atoms with Gasteiger partial charge in [-0.25, -0.2) is 9.97 Å². The smallest absolute Gasteiger partial charge is 0.271 e. The number of carbonyl (C=O) groups is 2. The molecule has 9 heteroatoms. The van der Waals surface area contributed by atoms with Crippen molar-refractivity contribution < 1.29 is 14.3 Å². The zero-order valence-corrected chi connectivity index (χ0v) is 20.8. The zero-order valence-electron chi connectivity index (χ0n) is 18.4. The van der Waals surface area contributed by atoms with E-state index in [1.54, 1.807) is 37.6 Å². The van der Waals surface area contributed by atoms with Crippen molar-refractivity contribution >= 4 is 45.2 Å². The van der Waals surface area contributed by atoms with Crippen LogP contribution in [0.2, 0.25) is 0 Å². The minimum absolute atomic E-state index is 0.193. The first-order chi connectivity index (χ1) is 16.0. The van der Waals surface area contributed by atoms with Crippen LogP contribution in [0, 0.1) is 0 Å². The van der Waals surface area contributed by atoms with Gasteiger partial charge < -0.3 is 15.4 Å². The van der Waals surface area contributed by atoms with Crippen molar-refractivity contribution in [1.82, 2.24) is 15.3 Å². The highest BCUT2D eigenvalue weighted by Gasteiger charge is 2.24. The van der Waals surface area contributed by atoms with Crippen molar-refractivity contribution in [3.05, 3.63) is 76.5 Å². The van der Waals surface area contributed by atoms with Crippen LogP contribution in [0.15, 0.2) is 70.4 Å². The third kappa shape index (κ3) is 7.30. The Morgan fingerprint density at radius 3 is 2.52 bits per heavy atom. The molecule has 0 saturated carbocycles. The van der Waals surface area contributed by atoms with E-state index >= 15 is 0 Å². The van der Waals surface area contributed by atoms with Crippen LogP contribution in [0.4, 0.5) is 5.69 Å². The number of rotatable bonds is 10. The lowest BCUT2D eigenvalue weighted by Gasteiger charge is -2.19. The highest BCUT2D eigenvalue weighted by Crippen LogP contribution is 2.20. The first kappa shape index (κ1) is 24.7. The topological polar surface area (TPSA) is 93.2 Å². The zero-order chi connectivity index (χ0) is 23.6. The van der Waals surface area contributed by atoms with E-state index in [1.807, 2.05) is 30.3 Å². The van der Waals surface area contributed by atoms with Crippen molar-refractivity contribution in [2.24, 2.45) is 0 Å². The third-order valence-electron chi connectivity index (χ3n) is 4.63. The summed E-state index contributed by atoms with van der Waals surface area (Å²) >= 11 is 4.83. The SMILES string of the molecule is CCCSc1ncc(Br)c(C(=O)NC(Cc2ccccc2)C(=O)Nc2ccc(OC)cc2)n1. The number of aromatic nitrogens is 2. The largest absolute Gasteiger partial charge is 0.497 e. The second-order valence-corrected chi connectivity index (χ2v) is 9.05. The van der Waals surface area contributed by atoms with Crippen molar-refractivity contribution in [3.8, 4) is 5.75 Å². The summed E-state index contributed by atoms with van der Waals surface area (Å²) in [6.07, 6.45) is 2.86. The molecule has 2 N–H and O–H groups in total. The molecule has 3 aromatic rings. The Bertz CT molecular complexity index is 1080. The van der Waals surface area contributed by atoms with Crippen LogP contribution in [0.3, 0.4) is 0 Å². The van der Waals surface area contributed by atoms with Crippen LogP contribution in [-0.4, -0.2) is 40.7 Å². The molecule has 172 valence electrons. The number of methoxy groups -OCH3 is 1. The average Bonchev–Trinajstić information content (AvgIpc) is 2.84. The summed E-state index contributed by atoms with van der Waals surface area (Å²) in [4.78, 5) is 34.8. The molecule has 3 rings (SSSR count). The van der Waals surface area contributed by atoms with Crippen molar-refractivity contribution in [2.75, 3.05) is 18.2 Å². The Hall–Kier alpha value is -2.91. The fourth-order valence-corrected chi connectivity index (χ4v) is 4.00. The molecule has 0 fully saturated rings. The summed E-state index contributed by atoms with van der Waals surface area (Å²) in [5, 5.41) is 6.23. The number of carbonyl (C=O) groups excluding carboxylic acids is 2. The fourth-order valence-electron chi connectivity index (χ4n) is 2.96. The Kier molecular flexibility index (Phi) is 9.26. The van der Waals surface area contributed by atoms with Crippen molar-refractivity contribution in [3.63, 3.8) is 0 Å². The number of benzene rings is 2. The molecule has 1 unspecified atom stereocenters. The second-order valence-electron chi connectivity index (χ2n) is 7.13. The number of ether oxygens (including phenoxy) is 1. The maximum atomic E-state index is 13.1. The molecular weight excluding hydrogens is 504 g/mol. The predicted octanol–water partition coefficient (Wildman–Crippen LogP) is 4.73. The first-order valence-electron chi connectivity index (χ1n) is 10.4. The fraction of sp³-hybridized carbons (Fsp3) is 0.250. The van der Waals surface area contributed by atoms with Crippen LogP contribution in [0.25, 0.3) is 0 Å². The number of hydrogen-bond donors (Lipinski definition) is 2. The third-order valence-corrected chi connectivity index (χ3v) is 6.28. The van der Waals surface area contributed by atoms with Crippen LogP contribution in [0.1, 0.15) is 29.4 Å². The quantitative estimate of drug-likeness (QED) is 0.292. The molecule has 1 atom stereocenters. The molecule has 0 saturated heterocycles. The van der Waals surface area contributed by atoms with E-state index in [0.717, 1.165) is 17.7 Å². The normalized spacial score (nSPS) is 11.5. The molecule has 2 amide bonds. The van der Waals surface area contributed by atoms with Gasteiger partial charge in [0.1, 0.15) is 17.5 Å². The molecule has 33 heavy (non-hydrogen) atoms. The number of amides is 2. The van der Waals surface area contributed by atoms with Gasteiger partial charge in [0.05, 0.1) is 11.6 Å². The van der Waals surface area contributed by atoms with Gasteiger partial charge >= 0.3 is 0 Å². The first-order valence-corrected chi connectivity index (χ1v) is 12.2. The van der Waals surface area contributed by atoms with Crippen LogP contribution < -0.4 is 15.4 Å². The maximum Gasteiger partial charge on any atom is 0.271 e. The number of hydrogen-bond acceptors (Lipinski definition) is 6. The lowest BCUT2D eigenvalue weighted by molar-refractivity contribution is -0.118. The molecule has 0 aliphatic rings. The monoisotopic (exact) mass is 528 g/mol. The molecule has 1 aromatic heterocycles. The molecule has 0 bridgehead atoms. The number of nitrogens with zero attached hydrogens (tertiary/aromatic N) is 2. The van der Waals surface area contributed by atoms with Gasteiger partial charge in [-0.1, -0.05) is 49.0 Å². The number of halogens is 1. The Morgan fingerprint density at radius 1 is 1.12 bits per heavy atom. The van der Waals surface area contributed by atoms with Crippen LogP contribution >= 0.6 is 27.7 Å². The Balaban J connectivity index is 1.80. The maximum absolute atomic E-state index is 13.1. The van der Waals surface area contributed by atoms with E-state index in [2.05, 4.69) is 43.5 Å². The second kappa shape index (κ2) is 12.4. The summed E-state index contributed by atoms with van der Waals surface area (Å²) in [6.45, 7) is 2.06. The molecule has 0 aliphatic carbocycles. The van der Waals surface area contributed by atoms with Gasteiger partial charge in [-0.05, 0) is 52.2 Å². The van der Waals surface area contributed by atoms with Gasteiger partial charge in [-0.15, -0.1) is 0 Å². The van der Waals surface area contributed by atoms with Crippen molar-refractivity contribution in [2.45, 2.75) is 31.0 Å². The van der Waals surface area contributed by atoms with E-state index in [1.165, 1.54) is 11.8 Å². The van der Waals surface area contributed by atoms with Gasteiger partial charge in [0.15, 0.2) is 5.16 Å². The van der Waals surface area contributed by atoms with Crippen LogP contribution in [0.5, 0.6) is 5.75 Å². The molecule has 0 aliphatic heterocycles. The summed E-state index contributed by atoms with van der Waals surface area (Å²) < 4.78 is 5.63. The lowest BCUT2D eigenvalue weighted by Crippen LogP contribution is -2.45. The van der Waals surface area contributed by atoms with Gasteiger partial charge in [-0.2, -0.15) is 0 Å². The summed E-state index contributed by atoms with van der Waals surface area (Å²) in [5.41, 5.74) is 1.72. The molecule has 2 aromatic carbocycles. The van der Waals surface area contributed by atoms with E-state index in [-0.39, 0.29) is 11.6 Å². The van der Waals surface area contributed by atoms with Crippen LogP contribution in [-0.2, 0) is 11.2 Å². The van der Waals surface area contributed by atoms with Gasteiger partial charge in [0.25, 0.3) is 5.91 Å².